The van der Waals surface area contributed by atoms with Crippen molar-refractivity contribution in [3.63, 3.8) is 0 Å². The van der Waals surface area contributed by atoms with E-state index in [1.165, 1.54) is 0 Å². The monoisotopic (exact) mass is 221 g/mol. The average Bonchev–Trinajstić information content (AvgIpc) is 2.14. The van der Waals surface area contributed by atoms with E-state index in [1.807, 2.05) is 20.1 Å². The topological polar surface area (TPSA) is 41.5 Å². The second kappa shape index (κ2) is 8.53. The Morgan fingerprint density at radius 1 is 1.36 bits per heavy atom. The highest BCUT2D eigenvalue weighted by molar-refractivity contribution is 7.99. The molecule has 0 aliphatic carbocycles. The zero-order valence-corrected chi connectivity index (χ0v) is 10.4. The molecule has 4 heteroatoms. The van der Waals surface area contributed by atoms with Crippen LogP contribution in [0, 0.1) is 0 Å². The van der Waals surface area contributed by atoms with Crippen LogP contribution in [0.5, 0.6) is 0 Å². The zero-order valence-electron chi connectivity index (χ0n) is 9.62. The van der Waals surface area contributed by atoms with Crippen molar-refractivity contribution < 1.29 is 9.84 Å². The maximum Gasteiger partial charge on any atom is 0.0594 e. The van der Waals surface area contributed by atoms with Crippen molar-refractivity contribution in [3.05, 3.63) is 0 Å². The number of aliphatic hydroxyl groups excluding tert-OH is 1. The first-order valence-electron chi connectivity index (χ1n) is 5.10. The van der Waals surface area contributed by atoms with E-state index in [4.69, 9.17) is 9.84 Å². The highest BCUT2D eigenvalue weighted by Crippen LogP contribution is 2.09. The quantitative estimate of drug-likeness (QED) is 0.603. The Morgan fingerprint density at radius 3 is 2.43 bits per heavy atom. The molecule has 0 radical (unpaired) electrons. The highest BCUT2D eigenvalue weighted by Gasteiger charge is 2.13. The van der Waals surface area contributed by atoms with E-state index in [0.717, 1.165) is 13.2 Å². The first kappa shape index (κ1) is 14.2. The maximum absolute atomic E-state index is 9.05. The van der Waals surface area contributed by atoms with Crippen LogP contribution < -0.4 is 5.32 Å². The van der Waals surface area contributed by atoms with Gasteiger partial charge < -0.3 is 15.2 Å². The van der Waals surface area contributed by atoms with Gasteiger partial charge in [-0.15, -0.1) is 0 Å². The van der Waals surface area contributed by atoms with E-state index in [0.29, 0.717) is 12.1 Å². The van der Waals surface area contributed by atoms with Crippen LogP contribution in [0.2, 0.25) is 0 Å². The van der Waals surface area contributed by atoms with Gasteiger partial charge in [0.15, 0.2) is 0 Å². The van der Waals surface area contributed by atoms with Gasteiger partial charge in [0.1, 0.15) is 0 Å². The number of hydrogen-bond donors (Lipinski definition) is 2. The molecular weight excluding hydrogens is 198 g/mol. The van der Waals surface area contributed by atoms with Crippen LogP contribution in [0.25, 0.3) is 0 Å². The lowest BCUT2D eigenvalue weighted by molar-refractivity contribution is 0.0792. The van der Waals surface area contributed by atoms with Crippen LogP contribution >= 0.6 is 11.8 Å². The summed E-state index contributed by atoms with van der Waals surface area (Å²) in [7, 11) is 0. The standard InChI is InChI=1S/C10H23NO2S/c1-8(2)13-6-5-11-9(3)10(7-12)14-4/h8-12H,5-7H2,1-4H3. The Balaban J connectivity index is 3.47. The van der Waals surface area contributed by atoms with Gasteiger partial charge in [0.25, 0.3) is 0 Å². The molecule has 0 spiro atoms. The second-order valence-corrected chi connectivity index (χ2v) is 4.70. The van der Waals surface area contributed by atoms with Crippen LogP contribution in [0.15, 0.2) is 0 Å². The van der Waals surface area contributed by atoms with Crippen molar-refractivity contribution in [2.45, 2.75) is 38.2 Å². The number of ether oxygens (including phenoxy) is 1. The van der Waals surface area contributed by atoms with Crippen LogP contribution in [0.3, 0.4) is 0 Å². The first-order chi connectivity index (χ1) is 6.61. The molecule has 2 unspecified atom stereocenters. The van der Waals surface area contributed by atoms with Gasteiger partial charge in [-0.3, -0.25) is 0 Å². The van der Waals surface area contributed by atoms with Crippen molar-refractivity contribution in [2.75, 3.05) is 26.0 Å². The summed E-state index contributed by atoms with van der Waals surface area (Å²) in [5.41, 5.74) is 0. The lowest BCUT2D eigenvalue weighted by Crippen LogP contribution is -2.39. The SMILES string of the molecule is CSC(CO)C(C)NCCOC(C)C. The second-order valence-electron chi connectivity index (χ2n) is 3.62. The smallest absolute Gasteiger partial charge is 0.0594 e. The molecule has 2 atom stereocenters. The fourth-order valence-corrected chi connectivity index (χ4v) is 1.80. The lowest BCUT2D eigenvalue weighted by atomic mass is 10.2. The third kappa shape index (κ3) is 6.65. The number of aliphatic hydroxyl groups is 1. The summed E-state index contributed by atoms with van der Waals surface area (Å²) in [6.45, 7) is 7.95. The minimum Gasteiger partial charge on any atom is -0.395 e. The molecule has 0 bridgehead atoms. The normalized spacial score (nSPS) is 15.9. The molecule has 0 amide bonds. The van der Waals surface area contributed by atoms with Gasteiger partial charge >= 0.3 is 0 Å². The van der Waals surface area contributed by atoms with Crippen molar-refractivity contribution in [1.29, 1.82) is 0 Å². The zero-order chi connectivity index (χ0) is 11.0. The molecular formula is C10H23NO2S. The fourth-order valence-electron chi connectivity index (χ4n) is 1.15. The number of rotatable bonds is 8. The molecule has 14 heavy (non-hydrogen) atoms. The van der Waals surface area contributed by atoms with Crippen molar-refractivity contribution >= 4 is 11.8 Å². The molecule has 0 saturated heterocycles. The number of nitrogens with one attached hydrogen (secondary N) is 1. The Bertz CT molecular complexity index is 129. The molecule has 0 aromatic rings. The summed E-state index contributed by atoms with van der Waals surface area (Å²) in [6, 6.07) is 0.325. The van der Waals surface area contributed by atoms with Crippen LogP contribution in [-0.2, 0) is 4.74 Å². The van der Waals surface area contributed by atoms with E-state index in [1.54, 1.807) is 11.8 Å². The minimum absolute atomic E-state index is 0.223. The third-order valence-electron chi connectivity index (χ3n) is 2.06. The molecule has 3 nitrogen and oxygen atoms in total. The predicted octanol–water partition coefficient (Wildman–Crippen LogP) is 1.11. The molecule has 0 heterocycles. The highest BCUT2D eigenvalue weighted by atomic mass is 32.2. The van der Waals surface area contributed by atoms with Gasteiger partial charge in [-0.2, -0.15) is 11.8 Å². The summed E-state index contributed by atoms with van der Waals surface area (Å²) in [4.78, 5) is 0. The van der Waals surface area contributed by atoms with Crippen molar-refractivity contribution in [3.8, 4) is 0 Å². The summed E-state index contributed by atoms with van der Waals surface area (Å²) in [6.07, 6.45) is 2.31. The van der Waals surface area contributed by atoms with Gasteiger partial charge in [-0.05, 0) is 27.0 Å². The summed E-state index contributed by atoms with van der Waals surface area (Å²) < 4.78 is 5.41. The van der Waals surface area contributed by atoms with Gasteiger partial charge in [0.05, 0.1) is 19.3 Å². The summed E-state index contributed by atoms with van der Waals surface area (Å²) in [5.74, 6) is 0. The molecule has 0 aromatic heterocycles. The van der Waals surface area contributed by atoms with E-state index in [2.05, 4.69) is 12.2 Å². The Kier molecular flexibility index (Phi) is 8.67. The molecule has 0 aromatic carbocycles. The van der Waals surface area contributed by atoms with Crippen LogP contribution in [0.1, 0.15) is 20.8 Å². The van der Waals surface area contributed by atoms with Gasteiger partial charge in [0, 0.05) is 17.8 Å². The van der Waals surface area contributed by atoms with E-state index in [9.17, 15) is 0 Å². The van der Waals surface area contributed by atoms with Gasteiger partial charge in [0.2, 0.25) is 0 Å². The molecule has 0 saturated carbocycles. The summed E-state index contributed by atoms with van der Waals surface area (Å²) >= 11 is 1.69. The Morgan fingerprint density at radius 2 is 2.00 bits per heavy atom. The molecule has 0 aliphatic rings. The van der Waals surface area contributed by atoms with Crippen molar-refractivity contribution in [2.24, 2.45) is 0 Å². The fraction of sp³-hybridized carbons (Fsp3) is 1.00. The van der Waals surface area contributed by atoms with Crippen LogP contribution in [-0.4, -0.2) is 48.5 Å². The first-order valence-corrected chi connectivity index (χ1v) is 6.39. The Hall–Kier alpha value is 0.230. The number of hydrogen-bond acceptors (Lipinski definition) is 4. The molecule has 0 aliphatic heterocycles. The average molecular weight is 221 g/mol. The van der Waals surface area contributed by atoms with Crippen LogP contribution in [0.4, 0.5) is 0 Å². The lowest BCUT2D eigenvalue weighted by Gasteiger charge is -2.21. The number of thioether (sulfide) groups is 1. The largest absolute Gasteiger partial charge is 0.395 e. The van der Waals surface area contributed by atoms with Crippen molar-refractivity contribution in [1.82, 2.24) is 5.32 Å². The minimum atomic E-state index is 0.223. The van der Waals surface area contributed by atoms with Gasteiger partial charge in [-0.25, -0.2) is 0 Å². The van der Waals surface area contributed by atoms with E-state index in [-0.39, 0.29) is 11.9 Å². The molecule has 0 rings (SSSR count). The third-order valence-corrected chi connectivity index (χ3v) is 3.22. The maximum atomic E-state index is 9.05. The van der Waals surface area contributed by atoms with Gasteiger partial charge in [-0.1, -0.05) is 0 Å². The predicted molar refractivity (Wildman–Crippen MR) is 62.9 cm³/mol. The molecule has 2 N–H and O–H groups in total. The van der Waals surface area contributed by atoms with E-state index >= 15 is 0 Å². The van der Waals surface area contributed by atoms with E-state index < -0.39 is 0 Å². The molecule has 0 fully saturated rings. The summed E-state index contributed by atoms with van der Waals surface area (Å²) in [5, 5.41) is 12.7. The molecule has 86 valence electrons. The Labute approximate surface area is 91.6 Å².